The van der Waals surface area contributed by atoms with Crippen LogP contribution in [-0.4, -0.2) is 41.7 Å². The molecule has 104 valence electrons. The van der Waals surface area contributed by atoms with Crippen LogP contribution in [0, 0.1) is 5.92 Å². The smallest absolute Gasteiger partial charge is 0.254 e. The van der Waals surface area contributed by atoms with Crippen LogP contribution in [0.3, 0.4) is 0 Å². The number of aliphatic hydroxyl groups is 1. The number of carbonyl (C=O) groups excluding carboxylic acids is 1. The van der Waals surface area contributed by atoms with Gasteiger partial charge in [0.25, 0.3) is 5.91 Å². The van der Waals surface area contributed by atoms with E-state index in [4.69, 9.17) is 4.74 Å². The summed E-state index contributed by atoms with van der Waals surface area (Å²) in [6.45, 7) is 5.89. The molecule has 1 aromatic rings. The first-order valence-electron chi connectivity index (χ1n) is 6.76. The molecule has 0 bridgehead atoms. The first-order chi connectivity index (χ1) is 9.06. The van der Waals surface area contributed by atoms with Gasteiger partial charge in [0.1, 0.15) is 5.75 Å². The first kappa shape index (κ1) is 13.9. The van der Waals surface area contributed by atoms with Gasteiger partial charge in [0.15, 0.2) is 0 Å². The van der Waals surface area contributed by atoms with Crippen molar-refractivity contribution in [2.45, 2.75) is 26.4 Å². The number of rotatable bonds is 5. The van der Waals surface area contributed by atoms with Crippen LogP contribution in [0.4, 0.5) is 0 Å². The Morgan fingerprint density at radius 3 is 2.53 bits per heavy atom. The van der Waals surface area contributed by atoms with Gasteiger partial charge in [0, 0.05) is 18.7 Å². The highest BCUT2D eigenvalue weighted by Gasteiger charge is 2.29. The van der Waals surface area contributed by atoms with Crippen molar-refractivity contribution in [1.82, 2.24) is 4.90 Å². The van der Waals surface area contributed by atoms with Crippen LogP contribution in [0.15, 0.2) is 24.3 Å². The summed E-state index contributed by atoms with van der Waals surface area (Å²) >= 11 is 0. The van der Waals surface area contributed by atoms with E-state index in [1.54, 1.807) is 17.0 Å². The molecule has 0 aliphatic carbocycles. The van der Waals surface area contributed by atoms with E-state index in [1.807, 2.05) is 12.1 Å². The third-order valence-corrected chi connectivity index (χ3v) is 3.21. The molecule has 4 heteroatoms. The lowest BCUT2D eigenvalue weighted by Crippen LogP contribution is -2.53. The van der Waals surface area contributed by atoms with Crippen LogP contribution >= 0.6 is 0 Å². The molecule has 1 amide bonds. The molecule has 0 unspecified atom stereocenters. The van der Waals surface area contributed by atoms with Crippen LogP contribution in [0.5, 0.6) is 5.75 Å². The molecule has 1 aliphatic heterocycles. The molecule has 0 saturated carbocycles. The van der Waals surface area contributed by atoms with Crippen LogP contribution in [-0.2, 0) is 0 Å². The Labute approximate surface area is 114 Å². The molecule has 0 radical (unpaired) electrons. The van der Waals surface area contributed by atoms with Gasteiger partial charge in [-0.2, -0.15) is 0 Å². The maximum Gasteiger partial charge on any atom is 0.254 e. The van der Waals surface area contributed by atoms with Gasteiger partial charge in [-0.1, -0.05) is 13.8 Å². The topological polar surface area (TPSA) is 49.8 Å². The molecule has 1 aromatic carbocycles. The van der Waals surface area contributed by atoms with Gasteiger partial charge in [-0.25, -0.2) is 0 Å². The third-order valence-electron chi connectivity index (χ3n) is 3.21. The molecule has 1 saturated heterocycles. The summed E-state index contributed by atoms with van der Waals surface area (Å²) in [5.74, 6) is 1.39. The second kappa shape index (κ2) is 6.06. The fourth-order valence-corrected chi connectivity index (χ4v) is 1.91. The number of aliphatic hydroxyl groups excluding tert-OH is 1. The largest absolute Gasteiger partial charge is 0.494 e. The Kier molecular flexibility index (Phi) is 4.43. The second-order valence-electron chi connectivity index (χ2n) is 5.42. The maximum absolute atomic E-state index is 12.0. The Hall–Kier alpha value is -1.55. The first-order valence-corrected chi connectivity index (χ1v) is 6.76. The summed E-state index contributed by atoms with van der Waals surface area (Å²) in [5, 5.41) is 9.19. The minimum absolute atomic E-state index is 0.0287. The minimum atomic E-state index is -0.359. The zero-order valence-electron chi connectivity index (χ0n) is 11.5. The van der Waals surface area contributed by atoms with E-state index in [9.17, 15) is 9.90 Å². The predicted molar refractivity (Wildman–Crippen MR) is 73.3 cm³/mol. The fraction of sp³-hybridized carbons (Fsp3) is 0.533. The average molecular weight is 263 g/mol. The number of hydrogen-bond acceptors (Lipinski definition) is 3. The fourth-order valence-electron chi connectivity index (χ4n) is 1.91. The molecule has 0 spiro atoms. The zero-order valence-corrected chi connectivity index (χ0v) is 11.5. The summed E-state index contributed by atoms with van der Waals surface area (Å²) in [6, 6.07) is 7.20. The van der Waals surface area contributed by atoms with E-state index in [2.05, 4.69) is 13.8 Å². The Balaban J connectivity index is 1.85. The SMILES string of the molecule is CC(C)CCOc1ccc(C(=O)N2CC(O)C2)cc1. The monoisotopic (exact) mass is 263 g/mol. The van der Waals surface area contributed by atoms with Crippen molar-refractivity contribution in [3.63, 3.8) is 0 Å². The van der Waals surface area contributed by atoms with E-state index in [-0.39, 0.29) is 12.0 Å². The van der Waals surface area contributed by atoms with Gasteiger partial charge < -0.3 is 14.7 Å². The molecular formula is C15H21NO3. The number of ether oxygens (including phenoxy) is 1. The minimum Gasteiger partial charge on any atom is -0.494 e. The summed E-state index contributed by atoms with van der Waals surface area (Å²) in [7, 11) is 0. The molecule has 1 fully saturated rings. The van der Waals surface area contributed by atoms with Crippen LogP contribution in [0.25, 0.3) is 0 Å². The summed E-state index contributed by atoms with van der Waals surface area (Å²) < 4.78 is 5.60. The van der Waals surface area contributed by atoms with Crippen molar-refractivity contribution >= 4 is 5.91 Å². The van der Waals surface area contributed by atoms with E-state index in [1.165, 1.54) is 0 Å². The van der Waals surface area contributed by atoms with Gasteiger partial charge in [-0.05, 0) is 36.6 Å². The molecule has 1 N–H and O–H groups in total. The Morgan fingerprint density at radius 2 is 2.00 bits per heavy atom. The molecule has 2 rings (SSSR count). The average Bonchev–Trinajstić information content (AvgIpc) is 2.35. The maximum atomic E-state index is 12.0. The third kappa shape index (κ3) is 3.70. The van der Waals surface area contributed by atoms with Crippen molar-refractivity contribution in [2.24, 2.45) is 5.92 Å². The number of carbonyl (C=O) groups is 1. The normalized spacial score (nSPS) is 15.5. The lowest BCUT2D eigenvalue weighted by molar-refractivity contribution is 0.00589. The molecule has 4 nitrogen and oxygen atoms in total. The number of hydrogen-bond donors (Lipinski definition) is 1. The highest BCUT2D eigenvalue weighted by atomic mass is 16.5. The van der Waals surface area contributed by atoms with E-state index < -0.39 is 0 Å². The summed E-state index contributed by atoms with van der Waals surface area (Å²) in [4.78, 5) is 13.6. The van der Waals surface area contributed by atoms with Gasteiger partial charge in [0.05, 0.1) is 12.7 Å². The summed E-state index contributed by atoms with van der Waals surface area (Å²) in [6.07, 6.45) is 0.661. The predicted octanol–water partition coefficient (Wildman–Crippen LogP) is 1.93. The second-order valence-corrected chi connectivity index (χ2v) is 5.42. The highest BCUT2D eigenvalue weighted by molar-refractivity contribution is 5.94. The van der Waals surface area contributed by atoms with Crippen LogP contribution in [0.1, 0.15) is 30.6 Å². The zero-order chi connectivity index (χ0) is 13.8. The molecule has 0 atom stereocenters. The van der Waals surface area contributed by atoms with Crippen molar-refractivity contribution in [1.29, 1.82) is 0 Å². The lowest BCUT2D eigenvalue weighted by atomic mass is 10.1. The van der Waals surface area contributed by atoms with Crippen molar-refractivity contribution in [3.05, 3.63) is 29.8 Å². The van der Waals surface area contributed by atoms with Crippen LogP contribution in [0.2, 0.25) is 0 Å². The number of benzene rings is 1. The quantitative estimate of drug-likeness (QED) is 0.883. The summed E-state index contributed by atoms with van der Waals surface area (Å²) in [5.41, 5.74) is 0.642. The van der Waals surface area contributed by atoms with Gasteiger partial charge in [-0.3, -0.25) is 4.79 Å². The number of likely N-dealkylation sites (tertiary alicyclic amines) is 1. The van der Waals surface area contributed by atoms with Gasteiger partial charge >= 0.3 is 0 Å². The molecule has 1 aliphatic rings. The van der Waals surface area contributed by atoms with E-state index in [0.717, 1.165) is 12.2 Å². The standard InChI is InChI=1S/C15H21NO3/c1-11(2)7-8-19-14-5-3-12(4-6-14)15(18)16-9-13(17)10-16/h3-6,11,13,17H,7-10H2,1-2H3. The van der Waals surface area contributed by atoms with Gasteiger partial charge in [-0.15, -0.1) is 0 Å². The molecule has 1 heterocycles. The van der Waals surface area contributed by atoms with E-state index >= 15 is 0 Å². The number of nitrogens with zero attached hydrogens (tertiary/aromatic N) is 1. The Bertz CT molecular complexity index is 422. The molecule has 19 heavy (non-hydrogen) atoms. The highest BCUT2D eigenvalue weighted by Crippen LogP contribution is 2.17. The van der Waals surface area contributed by atoms with Crippen molar-refractivity contribution in [2.75, 3.05) is 19.7 Å². The van der Waals surface area contributed by atoms with E-state index in [0.29, 0.717) is 31.2 Å². The lowest BCUT2D eigenvalue weighted by Gasteiger charge is -2.35. The number of amides is 1. The molecular weight excluding hydrogens is 242 g/mol. The van der Waals surface area contributed by atoms with Crippen molar-refractivity contribution in [3.8, 4) is 5.75 Å². The Morgan fingerprint density at radius 1 is 1.37 bits per heavy atom. The number of β-amino-alcohol motifs (C(OH)–C–C–N with tert-alkyl or cyclic N) is 1. The van der Waals surface area contributed by atoms with Crippen molar-refractivity contribution < 1.29 is 14.6 Å². The van der Waals surface area contributed by atoms with Gasteiger partial charge in [0.2, 0.25) is 0 Å². The van der Waals surface area contributed by atoms with Crippen LogP contribution < -0.4 is 4.74 Å². The molecule has 0 aromatic heterocycles.